The molecule has 7 nitrogen and oxygen atoms in total. The predicted octanol–water partition coefficient (Wildman–Crippen LogP) is 6.75. The van der Waals surface area contributed by atoms with Crippen LogP contribution >= 0.6 is 11.3 Å². The van der Waals surface area contributed by atoms with Gasteiger partial charge in [0, 0.05) is 48.0 Å². The van der Waals surface area contributed by atoms with Crippen molar-refractivity contribution in [2.24, 2.45) is 0 Å². The molecule has 0 spiro atoms. The molecule has 2 N–H and O–H groups in total. The average Bonchev–Trinajstić information content (AvgIpc) is 3.07. The zero-order chi connectivity index (χ0) is 27.9. The number of aromatic nitrogens is 4. The van der Waals surface area contributed by atoms with Crippen molar-refractivity contribution in [1.29, 1.82) is 0 Å². The molecule has 0 amide bonds. The molecule has 0 fully saturated rings. The lowest BCUT2D eigenvalue weighted by molar-refractivity contribution is -0.135. The molecule has 3 aromatic heterocycles. The summed E-state index contributed by atoms with van der Waals surface area (Å²) < 4.78 is 44.5. The highest BCUT2D eigenvalue weighted by atomic mass is 32.1. The van der Waals surface area contributed by atoms with Crippen molar-refractivity contribution in [2.75, 3.05) is 23.8 Å². The lowest BCUT2D eigenvalue weighted by Gasteiger charge is -2.27. The molecule has 0 saturated carbocycles. The number of aryl methyl sites for hydroxylation is 3. The van der Waals surface area contributed by atoms with E-state index in [1.54, 1.807) is 0 Å². The summed E-state index contributed by atoms with van der Waals surface area (Å²) in [5.41, 5.74) is 12.4. The van der Waals surface area contributed by atoms with Gasteiger partial charge >= 0.3 is 6.18 Å². The van der Waals surface area contributed by atoms with Crippen molar-refractivity contribution < 1.29 is 17.9 Å². The Balaban J connectivity index is 1.50. The number of benzene rings is 1. The van der Waals surface area contributed by atoms with Crippen LogP contribution in [0.4, 0.5) is 24.1 Å². The van der Waals surface area contributed by atoms with Gasteiger partial charge in [0.2, 0.25) is 0 Å². The molecule has 1 aromatic carbocycles. The molecule has 4 aromatic rings. The topological polar surface area (TPSA) is 90.0 Å². The number of alkyl halides is 3. The van der Waals surface area contributed by atoms with Crippen molar-refractivity contribution in [3.8, 4) is 16.9 Å². The fraction of sp³-hybridized carbons (Fsp3) is 0.429. The Bertz CT molecular complexity index is 1520. The van der Waals surface area contributed by atoms with Crippen LogP contribution in [-0.4, -0.2) is 39.3 Å². The van der Waals surface area contributed by atoms with Crippen LogP contribution in [0.25, 0.3) is 21.5 Å². The maximum Gasteiger partial charge on any atom is 0.389 e. The second-order valence-electron chi connectivity index (χ2n) is 10.2. The second-order valence-corrected chi connectivity index (χ2v) is 11.2. The summed E-state index contributed by atoms with van der Waals surface area (Å²) in [6, 6.07) is 6.18. The van der Waals surface area contributed by atoms with Gasteiger partial charge < -0.3 is 15.4 Å². The molecule has 0 saturated heterocycles. The van der Waals surface area contributed by atoms with Gasteiger partial charge in [-0.25, -0.2) is 19.9 Å². The van der Waals surface area contributed by atoms with Crippen molar-refractivity contribution in [3.63, 3.8) is 0 Å². The minimum Gasteiger partial charge on any atom is -0.491 e. The summed E-state index contributed by atoms with van der Waals surface area (Å²) in [6.07, 6.45) is -3.08. The highest BCUT2D eigenvalue weighted by molar-refractivity contribution is 7.21. The Morgan fingerprint density at radius 3 is 2.64 bits per heavy atom. The normalized spacial score (nSPS) is 14.0. The summed E-state index contributed by atoms with van der Waals surface area (Å²) in [6.45, 7) is 9.69. The summed E-state index contributed by atoms with van der Waals surface area (Å²) in [7, 11) is 0. The molecule has 0 bridgehead atoms. The molecule has 0 atom stereocenters. The first kappa shape index (κ1) is 27.1. The Hall–Kier alpha value is -3.47. The third-order valence-corrected chi connectivity index (χ3v) is 7.63. The van der Waals surface area contributed by atoms with Crippen LogP contribution in [0.3, 0.4) is 0 Å². The number of anilines is 2. The monoisotopic (exact) mass is 556 g/mol. The van der Waals surface area contributed by atoms with E-state index < -0.39 is 12.6 Å². The Morgan fingerprint density at radius 2 is 1.90 bits per heavy atom. The summed E-state index contributed by atoms with van der Waals surface area (Å²) in [4.78, 5) is 21.3. The maximum atomic E-state index is 12.8. The maximum absolute atomic E-state index is 12.8. The van der Waals surface area contributed by atoms with Gasteiger partial charge in [0.1, 0.15) is 34.3 Å². The number of thiazole rings is 1. The zero-order valence-electron chi connectivity index (χ0n) is 22.4. The van der Waals surface area contributed by atoms with Crippen molar-refractivity contribution >= 4 is 32.6 Å². The van der Waals surface area contributed by atoms with E-state index in [2.05, 4.69) is 45.8 Å². The number of halogens is 3. The van der Waals surface area contributed by atoms with E-state index >= 15 is 0 Å². The minimum atomic E-state index is -4.19. The zero-order valence-corrected chi connectivity index (χ0v) is 23.2. The van der Waals surface area contributed by atoms with Gasteiger partial charge in [-0.15, -0.1) is 0 Å². The van der Waals surface area contributed by atoms with Crippen molar-refractivity contribution in [3.05, 3.63) is 52.6 Å². The first-order valence-electron chi connectivity index (χ1n) is 13.0. The lowest BCUT2D eigenvalue weighted by atomic mass is 9.99. The van der Waals surface area contributed by atoms with Gasteiger partial charge in [0.05, 0.1) is 6.54 Å². The molecule has 0 aliphatic carbocycles. The van der Waals surface area contributed by atoms with Gasteiger partial charge in [-0.05, 0) is 55.5 Å². The number of hydrogen-bond acceptors (Lipinski definition) is 8. The number of pyridine rings is 1. The van der Waals surface area contributed by atoms with Crippen LogP contribution in [-0.2, 0) is 13.0 Å². The summed E-state index contributed by atoms with van der Waals surface area (Å²) >= 11 is 1.36. The van der Waals surface area contributed by atoms with E-state index in [1.165, 1.54) is 11.3 Å². The van der Waals surface area contributed by atoms with Crippen LogP contribution in [0.1, 0.15) is 60.8 Å². The standard InChI is InChI=1S/C28H31F3N6OS/c1-15(2)23-17(4)34-22(6-5-7-28(29,30)31)36-25(23)37-8-9-38-24-16(3)10-18(11-20(24)14-37)19-12-21-26(33-13-19)39-27(32)35-21/h10-13,15H,5-9,14H2,1-4H3,(H2,32,35). The Labute approximate surface area is 229 Å². The summed E-state index contributed by atoms with van der Waals surface area (Å²) in [5.74, 6) is 2.19. The number of fused-ring (bicyclic) bond motifs is 2. The van der Waals surface area contributed by atoms with Gasteiger partial charge in [0.15, 0.2) is 5.13 Å². The first-order valence-corrected chi connectivity index (χ1v) is 13.8. The average molecular weight is 557 g/mol. The Kier molecular flexibility index (Phi) is 7.37. The van der Waals surface area contributed by atoms with Crippen molar-refractivity contribution in [2.45, 2.75) is 65.6 Å². The smallest absolute Gasteiger partial charge is 0.389 e. The molecule has 1 aliphatic rings. The number of rotatable bonds is 6. The van der Waals surface area contributed by atoms with Crippen LogP contribution < -0.4 is 15.4 Å². The van der Waals surface area contributed by atoms with Gasteiger partial charge in [-0.2, -0.15) is 13.2 Å². The SMILES string of the molecule is Cc1cc(-c2cnc3sc(N)nc3c2)cc2c1OCCN(c1nc(CCCC(F)(F)F)nc(C)c1C(C)C)C2. The third kappa shape index (κ3) is 5.93. The highest BCUT2D eigenvalue weighted by Crippen LogP contribution is 2.37. The molecule has 11 heteroatoms. The molecule has 206 valence electrons. The highest BCUT2D eigenvalue weighted by Gasteiger charge is 2.28. The molecule has 0 unspecified atom stereocenters. The van der Waals surface area contributed by atoms with E-state index in [1.807, 2.05) is 26.1 Å². The quantitative estimate of drug-likeness (QED) is 0.281. The Morgan fingerprint density at radius 1 is 1.10 bits per heavy atom. The first-order chi connectivity index (χ1) is 18.5. The van der Waals surface area contributed by atoms with Crippen LogP contribution in [0.2, 0.25) is 0 Å². The van der Waals surface area contributed by atoms with E-state index in [0.717, 1.165) is 55.4 Å². The fourth-order valence-electron chi connectivity index (χ4n) is 5.16. The predicted molar refractivity (Wildman–Crippen MR) is 148 cm³/mol. The summed E-state index contributed by atoms with van der Waals surface area (Å²) in [5, 5.41) is 0.482. The number of nitrogen functional groups attached to an aromatic ring is 1. The van der Waals surface area contributed by atoms with Crippen molar-refractivity contribution in [1.82, 2.24) is 19.9 Å². The molecule has 4 heterocycles. The molecule has 39 heavy (non-hydrogen) atoms. The van der Waals surface area contributed by atoms with E-state index in [4.69, 9.17) is 15.5 Å². The fourth-order valence-corrected chi connectivity index (χ4v) is 5.81. The minimum absolute atomic E-state index is 0.0408. The van der Waals surface area contributed by atoms with Crippen LogP contribution in [0.5, 0.6) is 5.75 Å². The van der Waals surface area contributed by atoms with Gasteiger partial charge in [0.25, 0.3) is 0 Å². The van der Waals surface area contributed by atoms with E-state index in [-0.39, 0.29) is 18.8 Å². The second kappa shape index (κ2) is 10.6. The number of nitrogens with two attached hydrogens (primary N) is 1. The number of hydrogen-bond donors (Lipinski definition) is 1. The van der Waals surface area contributed by atoms with E-state index in [0.29, 0.717) is 30.7 Å². The van der Waals surface area contributed by atoms with Gasteiger partial charge in [-0.3, -0.25) is 0 Å². The molecule has 0 radical (unpaired) electrons. The third-order valence-electron chi connectivity index (χ3n) is 6.82. The number of ether oxygens (including phenoxy) is 1. The molecule has 1 aliphatic heterocycles. The largest absolute Gasteiger partial charge is 0.491 e. The van der Waals surface area contributed by atoms with E-state index in [9.17, 15) is 13.2 Å². The number of nitrogens with zero attached hydrogens (tertiary/aromatic N) is 5. The lowest BCUT2D eigenvalue weighted by Crippen LogP contribution is -2.28. The molecular weight excluding hydrogens is 525 g/mol. The molecular formula is C28H31F3N6OS. The van der Waals surface area contributed by atoms with Crippen LogP contribution in [0.15, 0.2) is 24.4 Å². The van der Waals surface area contributed by atoms with Crippen LogP contribution in [0, 0.1) is 13.8 Å². The molecule has 5 rings (SSSR count). The van der Waals surface area contributed by atoms with Gasteiger partial charge in [-0.1, -0.05) is 25.2 Å².